The summed E-state index contributed by atoms with van der Waals surface area (Å²) in [5.74, 6) is -0.0554. The fourth-order valence-electron chi connectivity index (χ4n) is 2.22. The van der Waals surface area contributed by atoms with E-state index in [1.165, 1.54) is 24.2 Å². The van der Waals surface area contributed by atoms with Crippen LogP contribution in [0.1, 0.15) is 49.2 Å². The summed E-state index contributed by atoms with van der Waals surface area (Å²) in [4.78, 5) is 12.9. The Hall–Kier alpha value is -1.06. The molecule has 0 aliphatic carbocycles. The van der Waals surface area contributed by atoms with Crippen LogP contribution in [0.3, 0.4) is 0 Å². The third-order valence-electron chi connectivity index (χ3n) is 3.36. The number of fused-ring (bicyclic) bond motifs is 1. The Morgan fingerprint density at radius 1 is 1.35 bits per heavy atom. The molecule has 108 valence electrons. The second-order valence-corrected chi connectivity index (χ2v) is 6.54. The van der Waals surface area contributed by atoms with Gasteiger partial charge in [0.2, 0.25) is 0 Å². The number of carbonyl (C=O) groups excluding carboxylic acids is 1. The molecule has 0 aliphatic heterocycles. The molecule has 4 heteroatoms. The molecular formula is C16H20ClNOS. The second-order valence-electron chi connectivity index (χ2n) is 5.11. The molecule has 1 aromatic carbocycles. The number of carbonyl (C=O) groups is 1. The number of benzene rings is 1. The van der Waals surface area contributed by atoms with Gasteiger partial charge in [0.1, 0.15) is 4.88 Å². The van der Waals surface area contributed by atoms with Crippen molar-refractivity contribution in [1.82, 2.24) is 5.32 Å². The van der Waals surface area contributed by atoms with Crippen molar-refractivity contribution >= 4 is 38.9 Å². The number of hydrogen-bond acceptors (Lipinski definition) is 2. The largest absolute Gasteiger partial charge is 0.349 e. The van der Waals surface area contributed by atoms with Crippen molar-refractivity contribution < 1.29 is 4.79 Å². The van der Waals surface area contributed by atoms with Crippen LogP contribution in [-0.4, -0.2) is 11.9 Å². The number of amides is 1. The van der Waals surface area contributed by atoms with Crippen LogP contribution >= 0.6 is 22.9 Å². The van der Waals surface area contributed by atoms with E-state index in [1.54, 1.807) is 0 Å². The van der Waals surface area contributed by atoms with Crippen molar-refractivity contribution in [3.05, 3.63) is 34.2 Å². The first-order valence-corrected chi connectivity index (χ1v) is 8.30. The minimum Gasteiger partial charge on any atom is -0.349 e. The predicted octanol–water partition coefficient (Wildman–Crippen LogP) is 5.25. The lowest BCUT2D eigenvalue weighted by atomic mass is 10.1. The van der Waals surface area contributed by atoms with Gasteiger partial charge < -0.3 is 5.32 Å². The van der Waals surface area contributed by atoms with Gasteiger partial charge in [-0.2, -0.15) is 0 Å². The zero-order valence-corrected chi connectivity index (χ0v) is 13.5. The molecule has 1 aromatic heterocycles. The third-order valence-corrected chi connectivity index (χ3v) is 5.03. The number of unbranched alkanes of at least 4 members (excludes halogenated alkanes) is 2. The third kappa shape index (κ3) is 3.53. The Morgan fingerprint density at radius 3 is 2.80 bits per heavy atom. The topological polar surface area (TPSA) is 29.1 Å². The molecular weight excluding hydrogens is 290 g/mol. The summed E-state index contributed by atoms with van der Waals surface area (Å²) in [5, 5.41) is 4.58. The highest BCUT2D eigenvalue weighted by atomic mass is 35.5. The first-order chi connectivity index (χ1) is 9.63. The molecule has 1 amide bonds. The van der Waals surface area contributed by atoms with Crippen molar-refractivity contribution in [2.24, 2.45) is 0 Å². The molecule has 0 bridgehead atoms. The second kappa shape index (κ2) is 7.09. The van der Waals surface area contributed by atoms with Gasteiger partial charge in [-0.3, -0.25) is 4.79 Å². The minimum absolute atomic E-state index is 0.0554. The number of halogens is 1. The van der Waals surface area contributed by atoms with Crippen molar-refractivity contribution in [2.75, 3.05) is 0 Å². The monoisotopic (exact) mass is 309 g/mol. The van der Waals surface area contributed by atoms with Crippen LogP contribution in [0.5, 0.6) is 0 Å². The first-order valence-electron chi connectivity index (χ1n) is 7.11. The van der Waals surface area contributed by atoms with Gasteiger partial charge in [-0.05, 0) is 19.4 Å². The quantitative estimate of drug-likeness (QED) is 0.725. The number of hydrogen-bond donors (Lipinski definition) is 1. The average molecular weight is 310 g/mol. The maximum Gasteiger partial charge on any atom is 0.263 e. The Bertz CT molecular complexity index is 593. The predicted molar refractivity (Wildman–Crippen MR) is 87.9 cm³/mol. The lowest BCUT2D eigenvalue weighted by Crippen LogP contribution is -2.32. The van der Waals surface area contributed by atoms with E-state index in [1.807, 2.05) is 24.3 Å². The van der Waals surface area contributed by atoms with Gasteiger partial charge >= 0.3 is 0 Å². The molecule has 1 atom stereocenters. The number of thiophene rings is 1. The summed E-state index contributed by atoms with van der Waals surface area (Å²) in [5.41, 5.74) is 0. The van der Waals surface area contributed by atoms with Crippen LogP contribution in [0.2, 0.25) is 5.02 Å². The lowest BCUT2D eigenvalue weighted by molar-refractivity contribution is 0.0942. The van der Waals surface area contributed by atoms with E-state index in [-0.39, 0.29) is 11.9 Å². The van der Waals surface area contributed by atoms with E-state index in [0.29, 0.717) is 9.90 Å². The summed E-state index contributed by atoms with van der Waals surface area (Å²) in [6.07, 6.45) is 4.58. The molecule has 20 heavy (non-hydrogen) atoms. The zero-order valence-electron chi connectivity index (χ0n) is 11.9. The molecule has 2 aromatic rings. The van der Waals surface area contributed by atoms with Crippen molar-refractivity contribution in [2.45, 2.75) is 45.6 Å². The van der Waals surface area contributed by atoms with Crippen LogP contribution in [0, 0.1) is 0 Å². The Kier molecular flexibility index (Phi) is 5.44. The highest BCUT2D eigenvalue weighted by molar-refractivity contribution is 7.21. The molecule has 0 aliphatic rings. The highest BCUT2D eigenvalue weighted by Gasteiger charge is 2.18. The fourth-order valence-corrected chi connectivity index (χ4v) is 3.64. The van der Waals surface area contributed by atoms with Crippen LogP contribution < -0.4 is 5.32 Å². The van der Waals surface area contributed by atoms with E-state index in [2.05, 4.69) is 19.2 Å². The summed E-state index contributed by atoms with van der Waals surface area (Å²) >= 11 is 7.77. The Labute approximate surface area is 129 Å². The number of rotatable bonds is 6. The molecule has 0 spiro atoms. The molecule has 1 N–H and O–H groups in total. The Morgan fingerprint density at radius 2 is 2.10 bits per heavy atom. The lowest BCUT2D eigenvalue weighted by Gasteiger charge is -2.12. The molecule has 0 radical (unpaired) electrons. The first kappa shape index (κ1) is 15.3. The van der Waals surface area contributed by atoms with Crippen LogP contribution in [-0.2, 0) is 0 Å². The molecule has 0 fully saturated rings. The van der Waals surface area contributed by atoms with Crippen molar-refractivity contribution in [3.63, 3.8) is 0 Å². The van der Waals surface area contributed by atoms with Gasteiger partial charge in [-0.25, -0.2) is 0 Å². The summed E-state index contributed by atoms with van der Waals surface area (Å²) < 4.78 is 1.06. The van der Waals surface area contributed by atoms with Crippen LogP contribution in [0.15, 0.2) is 24.3 Å². The van der Waals surface area contributed by atoms with Gasteiger partial charge in [0.15, 0.2) is 0 Å². The van der Waals surface area contributed by atoms with Gasteiger partial charge in [-0.1, -0.05) is 56.0 Å². The zero-order chi connectivity index (χ0) is 14.5. The molecule has 2 rings (SSSR count). The van der Waals surface area contributed by atoms with Crippen molar-refractivity contribution in [1.29, 1.82) is 0 Å². The normalized spacial score (nSPS) is 12.6. The van der Waals surface area contributed by atoms with E-state index in [0.717, 1.165) is 22.9 Å². The van der Waals surface area contributed by atoms with Crippen LogP contribution in [0.4, 0.5) is 0 Å². The van der Waals surface area contributed by atoms with Gasteiger partial charge in [0.05, 0.1) is 5.02 Å². The molecule has 0 saturated carbocycles. The maximum absolute atomic E-state index is 12.3. The summed E-state index contributed by atoms with van der Waals surface area (Å²) in [6, 6.07) is 8.04. The highest BCUT2D eigenvalue weighted by Crippen LogP contribution is 2.35. The summed E-state index contributed by atoms with van der Waals surface area (Å²) in [7, 11) is 0. The van der Waals surface area contributed by atoms with Gasteiger partial charge in [-0.15, -0.1) is 11.3 Å². The Balaban J connectivity index is 2.06. The van der Waals surface area contributed by atoms with Gasteiger partial charge in [0.25, 0.3) is 5.91 Å². The SMILES string of the molecule is CCCCCC(C)NC(=O)c1sc2ccccc2c1Cl. The van der Waals surface area contributed by atoms with Crippen LogP contribution in [0.25, 0.3) is 10.1 Å². The molecule has 0 saturated heterocycles. The minimum atomic E-state index is -0.0554. The van der Waals surface area contributed by atoms with E-state index >= 15 is 0 Å². The molecule has 1 unspecified atom stereocenters. The standard InChI is InChI=1S/C16H20ClNOS/c1-3-4-5-8-11(2)18-16(19)15-14(17)12-9-6-7-10-13(12)20-15/h6-7,9-11H,3-5,8H2,1-2H3,(H,18,19). The summed E-state index contributed by atoms with van der Waals surface area (Å²) in [6.45, 7) is 4.23. The number of nitrogens with one attached hydrogen (secondary N) is 1. The van der Waals surface area contributed by atoms with E-state index in [4.69, 9.17) is 11.6 Å². The fraction of sp³-hybridized carbons (Fsp3) is 0.438. The molecule has 1 heterocycles. The average Bonchev–Trinajstić information content (AvgIpc) is 2.77. The van der Waals surface area contributed by atoms with Gasteiger partial charge in [0, 0.05) is 16.1 Å². The molecule has 2 nitrogen and oxygen atoms in total. The smallest absolute Gasteiger partial charge is 0.263 e. The van der Waals surface area contributed by atoms with Crippen molar-refractivity contribution in [3.8, 4) is 0 Å². The van der Waals surface area contributed by atoms with E-state index < -0.39 is 0 Å². The van der Waals surface area contributed by atoms with E-state index in [9.17, 15) is 4.79 Å². The maximum atomic E-state index is 12.3.